The second-order valence-corrected chi connectivity index (χ2v) is 7.43. The van der Waals surface area contributed by atoms with E-state index < -0.39 is 6.04 Å². The third-order valence-corrected chi connectivity index (χ3v) is 5.42. The molecule has 2 aromatic rings. The van der Waals surface area contributed by atoms with Crippen LogP contribution in [0.15, 0.2) is 54.6 Å². The maximum absolute atomic E-state index is 12.9. The topological polar surface area (TPSA) is 61.4 Å². The zero-order valence-corrected chi connectivity index (χ0v) is 16.7. The highest BCUT2D eigenvalue weighted by atomic mass is 16.2. The number of rotatable bonds is 7. The van der Waals surface area contributed by atoms with Gasteiger partial charge in [0.1, 0.15) is 6.04 Å². The lowest BCUT2D eigenvalue weighted by atomic mass is 9.97. The summed E-state index contributed by atoms with van der Waals surface area (Å²) in [5.74, 6) is -0.394. The summed E-state index contributed by atoms with van der Waals surface area (Å²) in [6.07, 6.45) is 3.26. The first-order valence-corrected chi connectivity index (χ1v) is 10.1. The standard InChI is InChI=1S/C23H29N3O2/c1-3-17(2)21(25-22(27)18-9-5-4-6-10-18)23(28)24-19-11-13-20(14-12-19)26-15-7-8-16-26/h4-6,9-14,17,21H,3,7-8,15-16H2,1-2H3,(H,24,28)(H,25,27)/t17-,21+/m0/s1. The fraction of sp³-hybridized carbons (Fsp3) is 0.391. The van der Waals surface area contributed by atoms with Crippen LogP contribution in [0, 0.1) is 5.92 Å². The van der Waals surface area contributed by atoms with E-state index in [2.05, 4.69) is 15.5 Å². The first-order chi connectivity index (χ1) is 13.6. The Morgan fingerprint density at radius 2 is 1.64 bits per heavy atom. The van der Waals surface area contributed by atoms with Crippen molar-refractivity contribution in [1.82, 2.24) is 5.32 Å². The molecule has 1 fully saturated rings. The molecule has 0 spiro atoms. The summed E-state index contributed by atoms with van der Waals surface area (Å²) in [6, 6.07) is 16.3. The lowest BCUT2D eigenvalue weighted by molar-refractivity contribution is -0.119. The van der Waals surface area contributed by atoms with E-state index in [4.69, 9.17) is 0 Å². The third-order valence-electron chi connectivity index (χ3n) is 5.42. The normalized spacial score (nSPS) is 15.7. The van der Waals surface area contributed by atoms with Crippen LogP contribution in [-0.2, 0) is 4.79 Å². The van der Waals surface area contributed by atoms with Gasteiger partial charge in [0.25, 0.3) is 5.91 Å². The zero-order valence-electron chi connectivity index (χ0n) is 16.7. The average Bonchev–Trinajstić information content (AvgIpc) is 3.27. The summed E-state index contributed by atoms with van der Waals surface area (Å²) in [7, 11) is 0. The molecule has 2 N–H and O–H groups in total. The molecule has 0 aliphatic carbocycles. The highest BCUT2D eigenvalue weighted by Gasteiger charge is 2.26. The van der Waals surface area contributed by atoms with Gasteiger partial charge in [0.15, 0.2) is 0 Å². The van der Waals surface area contributed by atoms with Crippen LogP contribution in [0.1, 0.15) is 43.5 Å². The quantitative estimate of drug-likeness (QED) is 0.762. The molecule has 0 radical (unpaired) electrons. The molecule has 1 saturated heterocycles. The maximum atomic E-state index is 12.9. The van der Waals surface area contributed by atoms with Crippen LogP contribution in [0.4, 0.5) is 11.4 Å². The zero-order chi connectivity index (χ0) is 19.9. The van der Waals surface area contributed by atoms with E-state index in [0.717, 1.165) is 25.2 Å². The van der Waals surface area contributed by atoms with Crippen LogP contribution in [-0.4, -0.2) is 30.9 Å². The van der Waals surface area contributed by atoms with Crippen molar-refractivity contribution in [3.8, 4) is 0 Å². The third kappa shape index (κ3) is 4.91. The van der Waals surface area contributed by atoms with Crippen molar-refractivity contribution in [3.63, 3.8) is 0 Å². The molecule has 0 unspecified atom stereocenters. The van der Waals surface area contributed by atoms with Gasteiger partial charge in [0, 0.05) is 30.0 Å². The largest absolute Gasteiger partial charge is 0.372 e. The van der Waals surface area contributed by atoms with Crippen molar-refractivity contribution in [2.45, 2.75) is 39.2 Å². The van der Waals surface area contributed by atoms with Gasteiger partial charge in [-0.15, -0.1) is 0 Å². The number of carbonyl (C=O) groups excluding carboxylic acids is 2. The fourth-order valence-electron chi connectivity index (χ4n) is 3.47. The van der Waals surface area contributed by atoms with Gasteiger partial charge < -0.3 is 15.5 Å². The molecular weight excluding hydrogens is 350 g/mol. The van der Waals surface area contributed by atoms with Crippen molar-refractivity contribution in [2.24, 2.45) is 5.92 Å². The van der Waals surface area contributed by atoms with Crippen molar-refractivity contribution in [1.29, 1.82) is 0 Å². The van der Waals surface area contributed by atoms with Crippen LogP contribution in [0.2, 0.25) is 0 Å². The SMILES string of the molecule is CC[C@H](C)[C@@H](NC(=O)c1ccccc1)C(=O)Nc1ccc(N2CCCC2)cc1. The van der Waals surface area contributed by atoms with Gasteiger partial charge in [0.2, 0.25) is 5.91 Å². The van der Waals surface area contributed by atoms with Crippen molar-refractivity contribution in [3.05, 3.63) is 60.2 Å². The molecule has 0 aromatic heterocycles. The first kappa shape index (κ1) is 19.9. The first-order valence-electron chi connectivity index (χ1n) is 10.1. The summed E-state index contributed by atoms with van der Waals surface area (Å²) in [5, 5.41) is 5.86. The predicted octanol–water partition coefficient (Wildman–Crippen LogP) is 4.07. The number of nitrogens with zero attached hydrogens (tertiary/aromatic N) is 1. The molecule has 0 bridgehead atoms. The minimum Gasteiger partial charge on any atom is -0.372 e. The van der Waals surface area contributed by atoms with Crippen LogP contribution < -0.4 is 15.5 Å². The maximum Gasteiger partial charge on any atom is 0.251 e. The van der Waals surface area contributed by atoms with Gasteiger partial charge in [-0.2, -0.15) is 0 Å². The highest BCUT2D eigenvalue weighted by molar-refractivity contribution is 6.01. The van der Waals surface area contributed by atoms with E-state index in [1.165, 1.54) is 18.5 Å². The Balaban J connectivity index is 1.66. The molecule has 1 aliphatic heterocycles. The number of amides is 2. The van der Waals surface area contributed by atoms with Crippen molar-refractivity contribution in [2.75, 3.05) is 23.3 Å². The summed E-state index contributed by atoms with van der Waals surface area (Å²) in [6.45, 7) is 6.18. The van der Waals surface area contributed by atoms with Gasteiger partial charge in [-0.1, -0.05) is 38.5 Å². The molecule has 3 rings (SSSR count). The Labute approximate surface area is 167 Å². The molecule has 28 heavy (non-hydrogen) atoms. The van der Waals surface area contributed by atoms with Gasteiger partial charge >= 0.3 is 0 Å². The van der Waals surface area contributed by atoms with Gasteiger partial charge in [-0.05, 0) is 55.2 Å². The Morgan fingerprint density at radius 3 is 2.25 bits per heavy atom. The minimum absolute atomic E-state index is 0.0246. The van der Waals surface area contributed by atoms with E-state index >= 15 is 0 Å². The Kier molecular flexibility index (Phi) is 6.69. The van der Waals surface area contributed by atoms with Crippen molar-refractivity contribution < 1.29 is 9.59 Å². The van der Waals surface area contributed by atoms with Crippen LogP contribution in [0.25, 0.3) is 0 Å². The molecule has 148 valence electrons. The Bertz CT molecular complexity index is 783. The lowest BCUT2D eigenvalue weighted by Gasteiger charge is -2.24. The molecule has 2 aromatic carbocycles. The van der Waals surface area contributed by atoms with E-state index in [1.807, 2.05) is 56.3 Å². The summed E-state index contributed by atoms with van der Waals surface area (Å²) in [5.41, 5.74) is 2.49. The molecule has 2 atom stereocenters. The second-order valence-electron chi connectivity index (χ2n) is 7.43. The molecule has 5 heteroatoms. The number of anilines is 2. The van der Waals surface area contributed by atoms with E-state index in [1.54, 1.807) is 12.1 Å². The minimum atomic E-state index is -0.587. The van der Waals surface area contributed by atoms with Gasteiger partial charge in [0.05, 0.1) is 0 Å². The molecule has 5 nitrogen and oxygen atoms in total. The molecular formula is C23H29N3O2. The van der Waals surface area contributed by atoms with Crippen LogP contribution in [0.5, 0.6) is 0 Å². The molecule has 2 amide bonds. The lowest BCUT2D eigenvalue weighted by Crippen LogP contribution is -2.47. The number of hydrogen-bond acceptors (Lipinski definition) is 3. The predicted molar refractivity (Wildman–Crippen MR) is 114 cm³/mol. The number of carbonyl (C=O) groups is 2. The molecule has 1 heterocycles. The van der Waals surface area contributed by atoms with E-state index in [0.29, 0.717) is 5.56 Å². The van der Waals surface area contributed by atoms with Gasteiger partial charge in [-0.25, -0.2) is 0 Å². The Hall–Kier alpha value is -2.82. The molecule has 1 aliphatic rings. The smallest absolute Gasteiger partial charge is 0.251 e. The average molecular weight is 380 g/mol. The number of benzene rings is 2. The summed E-state index contributed by atoms with van der Waals surface area (Å²) >= 11 is 0. The van der Waals surface area contributed by atoms with Gasteiger partial charge in [-0.3, -0.25) is 9.59 Å². The number of hydrogen-bond donors (Lipinski definition) is 2. The van der Waals surface area contributed by atoms with Crippen LogP contribution >= 0.6 is 0 Å². The van der Waals surface area contributed by atoms with Crippen LogP contribution in [0.3, 0.4) is 0 Å². The fourth-order valence-corrected chi connectivity index (χ4v) is 3.47. The summed E-state index contributed by atoms with van der Waals surface area (Å²) < 4.78 is 0. The van der Waals surface area contributed by atoms with E-state index in [9.17, 15) is 9.59 Å². The second kappa shape index (κ2) is 9.40. The molecule has 0 saturated carbocycles. The Morgan fingerprint density at radius 1 is 1.00 bits per heavy atom. The van der Waals surface area contributed by atoms with E-state index in [-0.39, 0.29) is 17.7 Å². The number of nitrogens with one attached hydrogen (secondary N) is 2. The monoisotopic (exact) mass is 379 g/mol. The summed E-state index contributed by atoms with van der Waals surface area (Å²) in [4.78, 5) is 27.8. The van der Waals surface area contributed by atoms with Crippen molar-refractivity contribution >= 4 is 23.2 Å². The highest BCUT2D eigenvalue weighted by Crippen LogP contribution is 2.22.